The van der Waals surface area contributed by atoms with Crippen LogP contribution in [0, 0.1) is 0 Å². The second-order valence-electron chi connectivity index (χ2n) is 4.07. The summed E-state index contributed by atoms with van der Waals surface area (Å²) in [5.74, 6) is -0.365. The van der Waals surface area contributed by atoms with E-state index in [-0.39, 0.29) is 12.7 Å². The van der Waals surface area contributed by atoms with E-state index in [1.165, 1.54) is 12.0 Å². The van der Waals surface area contributed by atoms with Gasteiger partial charge in [0.05, 0.1) is 7.11 Å². The highest BCUT2D eigenvalue weighted by atomic mass is 16.6. The van der Waals surface area contributed by atoms with E-state index in [2.05, 4.69) is 4.74 Å². The van der Waals surface area contributed by atoms with Gasteiger partial charge in [-0.2, -0.15) is 0 Å². The number of methoxy groups -OCH3 is 1. The molecule has 2 rings (SSSR count). The van der Waals surface area contributed by atoms with Gasteiger partial charge in [0.25, 0.3) is 0 Å². The van der Waals surface area contributed by atoms with Crippen LogP contribution >= 0.6 is 0 Å². The van der Waals surface area contributed by atoms with Crippen LogP contribution in [0.1, 0.15) is 12.0 Å². The van der Waals surface area contributed by atoms with Gasteiger partial charge in [0, 0.05) is 0 Å². The summed E-state index contributed by atoms with van der Waals surface area (Å²) >= 11 is 0. The molecule has 1 heterocycles. The normalized spacial score (nSPS) is 18.6. The predicted octanol–water partition coefficient (Wildman–Crippen LogP) is 1.57. The minimum Gasteiger partial charge on any atom is -0.453 e. The van der Waals surface area contributed by atoms with E-state index in [9.17, 15) is 9.59 Å². The number of esters is 1. The molecule has 1 saturated heterocycles. The van der Waals surface area contributed by atoms with Crippen molar-refractivity contribution in [3.8, 4) is 0 Å². The van der Waals surface area contributed by atoms with E-state index in [4.69, 9.17) is 4.74 Å². The predicted molar refractivity (Wildman–Crippen MR) is 63.8 cm³/mol. The minimum absolute atomic E-state index is 0.0229. The maximum Gasteiger partial charge on any atom is 0.412 e. The summed E-state index contributed by atoms with van der Waals surface area (Å²) in [4.78, 5) is 24.3. The fraction of sp³-hybridized carbons (Fsp3) is 0.385. The highest BCUT2D eigenvalue weighted by Gasteiger charge is 2.37. The summed E-state index contributed by atoms with van der Waals surface area (Å²) in [7, 11) is 1.29. The van der Waals surface area contributed by atoms with Crippen LogP contribution in [0.4, 0.5) is 4.79 Å². The topological polar surface area (TPSA) is 55.8 Å². The molecule has 0 aliphatic carbocycles. The highest BCUT2D eigenvalue weighted by molar-refractivity contribution is 5.83. The second-order valence-corrected chi connectivity index (χ2v) is 4.07. The van der Waals surface area contributed by atoms with Crippen molar-refractivity contribution in [3.05, 3.63) is 35.9 Å². The molecule has 1 aliphatic heterocycles. The molecular weight excluding hydrogens is 234 g/mol. The van der Waals surface area contributed by atoms with Crippen molar-refractivity contribution in [2.45, 2.75) is 18.9 Å². The number of cyclic esters (lactones) is 1. The Labute approximate surface area is 105 Å². The second kappa shape index (κ2) is 5.53. The van der Waals surface area contributed by atoms with E-state index in [0.29, 0.717) is 12.8 Å². The number of hydrogen-bond acceptors (Lipinski definition) is 4. The number of nitrogens with zero attached hydrogens (tertiary/aromatic N) is 1. The van der Waals surface area contributed by atoms with Crippen molar-refractivity contribution in [1.82, 2.24) is 4.90 Å². The largest absolute Gasteiger partial charge is 0.453 e. The maximum absolute atomic E-state index is 11.6. The average Bonchev–Trinajstić information content (AvgIpc) is 2.78. The number of carbonyl (C=O) groups is 2. The number of ether oxygens (including phenoxy) is 2. The molecule has 0 aromatic heterocycles. The van der Waals surface area contributed by atoms with Crippen molar-refractivity contribution >= 4 is 12.1 Å². The van der Waals surface area contributed by atoms with Crippen molar-refractivity contribution in [2.75, 3.05) is 13.8 Å². The number of rotatable bonds is 3. The van der Waals surface area contributed by atoms with Crippen LogP contribution in [0.5, 0.6) is 0 Å². The van der Waals surface area contributed by atoms with Crippen molar-refractivity contribution in [2.24, 2.45) is 0 Å². The molecule has 1 amide bonds. The number of benzene rings is 1. The Morgan fingerprint density at radius 1 is 1.44 bits per heavy atom. The lowest BCUT2D eigenvalue weighted by Crippen LogP contribution is -2.38. The summed E-state index contributed by atoms with van der Waals surface area (Å²) < 4.78 is 9.50. The molecule has 1 aromatic rings. The molecule has 0 bridgehead atoms. The van der Waals surface area contributed by atoms with Gasteiger partial charge in [-0.1, -0.05) is 30.3 Å². The first-order valence-electron chi connectivity index (χ1n) is 5.77. The van der Waals surface area contributed by atoms with Crippen LogP contribution in [0.3, 0.4) is 0 Å². The van der Waals surface area contributed by atoms with Gasteiger partial charge >= 0.3 is 12.1 Å². The molecule has 96 valence electrons. The van der Waals surface area contributed by atoms with Crippen LogP contribution in [0.2, 0.25) is 0 Å². The zero-order valence-electron chi connectivity index (χ0n) is 10.2. The molecule has 0 saturated carbocycles. The van der Waals surface area contributed by atoms with Crippen LogP contribution in [-0.2, 0) is 20.7 Å². The van der Waals surface area contributed by atoms with Crippen LogP contribution < -0.4 is 0 Å². The third-order valence-corrected chi connectivity index (χ3v) is 2.95. The molecule has 0 radical (unpaired) electrons. The summed E-state index contributed by atoms with van der Waals surface area (Å²) in [6.07, 6.45) is 0.727. The molecule has 5 nitrogen and oxygen atoms in total. The lowest BCUT2D eigenvalue weighted by molar-refractivity contribution is -0.139. The Kier molecular flexibility index (Phi) is 3.82. The third kappa shape index (κ3) is 2.61. The molecular formula is C13H15NO4. The number of aryl methyl sites for hydroxylation is 1. The lowest BCUT2D eigenvalue weighted by Gasteiger charge is -2.18. The van der Waals surface area contributed by atoms with Gasteiger partial charge in [0.2, 0.25) is 0 Å². The SMILES string of the molecule is COC(=O)N1COC(=O)[C@@H]1CCc1ccccc1. The van der Waals surface area contributed by atoms with Gasteiger partial charge in [0.15, 0.2) is 6.73 Å². The fourth-order valence-corrected chi connectivity index (χ4v) is 1.97. The van der Waals surface area contributed by atoms with Gasteiger partial charge in [-0.15, -0.1) is 0 Å². The van der Waals surface area contributed by atoms with Gasteiger partial charge in [-0.05, 0) is 18.4 Å². The monoisotopic (exact) mass is 249 g/mol. The van der Waals surface area contributed by atoms with E-state index < -0.39 is 12.1 Å². The Bertz CT molecular complexity index is 432. The van der Waals surface area contributed by atoms with E-state index >= 15 is 0 Å². The molecule has 0 spiro atoms. The maximum atomic E-state index is 11.6. The molecule has 0 N–H and O–H groups in total. The standard InChI is InChI=1S/C13H15NO4/c1-17-13(16)14-9-18-12(15)11(14)8-7-10-5-3-2-4-6-10/h2-6,11H,7-9H2,1H3/t11-/m0/s1. The average molecular weight is 249 g/mol. The van der Waals surface area contributed by atoms with Crippen molar-refractivity contribution in [1.29, 1.82) is 0 Å². The third-order valence-electron chi connectivity index (χ3n) is 2.95. The highest BCUT2D eigenvalue weighted by Crippen LogP contribution is 2.18. The fourth-order valence-electron chi connectivity index (χ4n) is 1.97. The Morgan fingerprint density at radius 3 is 2.83 bits per heavy atom. The summed E-state index contributed by atoms with van der Waals surface area (Å²) in [6, 6.07) is 9.26. The van der Waals surface area contributed by atoms with Crippen molar-refractivity contribution < 1.29 is 19.1 Å². The van der Waals surface area contributed by atoms with Gasteiger partial charge < -0.3 is 9.47 Å². The molecule has 1 fully saturated rings. The zero-order chi connectivity index (χ0) is 13.0. The molecule has 1 atom stereocenters. The van der Waals surface area contributed by atoms with Crippen molar-refractivity contribution in [3.63, 3.8) is 0 Å². The van der Waals surface area contributed by atoms with Crippen LogP contribution in [0.15, 0.2) is 30.3 Å². The lowest BCUT2D eigenvalue weighted by atomic mass is 10.1. The molecule has 18 heavy (non-hydrogen) atoms. The van der Waals surface area contributed by atoms with E-state index in [1.807, 2.05) is 30.3 Å². The van der Waals surface area contributed by atoms with Gasteiger partial charge in [-0.25, -0.2) is 9.59 Å². The smallest absolute Gasteiger partial charge is 0.412 e. The summed E-state index contributed by atoms with van der Waals surface area (Å²) in [6.45, 7) is -0.0229. The molecule has 5 heteroatoms. The quantitative estimate of drug-likeness (QED) is 0.763. The first-order valence-corrected chi connectivity index (χ1v) is 5.77. The zero-order valence-corrected chi connectivity index (χ0v) is 10.2. The van der Waals surface area contributed by atoms with E-state index in [1.54, 1.807) is 0 Å². The minimum atomic E-state index is -0.544. The van der Waals surface area contributed by atoms with Gasteiger partial charge in [-0.3, -0.25) is 4.90 Å². The van der Waals surface area contributed by atoms with Crippen LogP contribution in [0.25, 0.3) is 0 Å². The Hall–Kier alpha value is -2.04. The van der Waals surface area contributed by atoms with E-state index in [0.717, 1.165) is 5.56 Å². The first-order chi connectivity index (χ1) is 8.72. The van der Waals surface area contributed by atoms with Crippen LogP contribution in [-0.4, -0.2) is 36.8 Å². The molecule has 0 unspecified atom stereocenters. The Balaban J connectivity index is 1.98. The number of hydrogen-bond donors (Lipinski definition) is 0. The first kappa shape index (κ1) is 12.4. The summed E-state index contributed by atoms with van der Waals surface area (Å²) in [5.41, 5.74) is 1.13. The number of carbonyl (C=O) groups excluding carboxylic acids is 2. The van der Waals surface area contributed by atoms with Gasteiger partial charge in [0.1, 0.15) is 6.04 Å². The number of amides is 1. The molecule has 1 aromatic carbocycles. The summed E-state index contributed by atoms with van der Waals surface area (Å²) in [5, 5.41) is 0. The Morgan fingerprint density at radius 2 is 2.17 bits per heavy atom. The molecule has 1 aliphatic rings.